The summed E-state index contributed by atoms with van der Waals surface area (Å²) in [5, 5.41) is 9.84. The minimum absolute atomic E-state index is 0.0239. The van der Waals surface area contributed by atoms with Gasteiger partial charge >= 0.3 is 0 Å². The topological polar surface area (TPSA) is 40.5 Å². The van der Waals surface area contributed by atoms with Crippen LogP contribution in [0.25, 0.3) is 0 Å². The second-order valence-electron chi connectivity index (χ2n) is 4.56. The first-order valence-electron chi connectivity index (χ1n) is 6.16. The van der Waals surface area contributed by atoms with Crippen molar-refractivity contribution >= 4 is 35.0 Å². The maximum atomic E-state index is 12.6. The number of phenols is 1. The molecule has 0 bridgehead atoms. The molecular weight excluding hydrogens is 294 g/mol. The van der Waals surface area contributed by atoms with Crippen LogP contribution in [0, 0.1) is 0 Å². The molecule has 0 aliphatic carbocycles. The van der Waals surface area contributed by atoms with Gasteiger partial charge in [0.1, 0.15) is 5.75 Å². The third-order valence-corrected chi connectivity index (χ3v) is 4.87. The van der Waals surface area contributed by atoms with E-state index < -0.39 is 0 Å². The number of rotatable bonds is 2. The van der Waals surface area contributed by atoms with Crippen molar-refractivity contribution in [2.24, 2.45) is 0 Å². The Bertz CT molecular complexity index is 675. The fourth-order valence-electron chi connectivity index (χ4n) is 2.23. The first-order valence-corrected chi connectivity index (χ1v) is 7.38. The van der Waals surface area contributed by atoms with E-state index in [0.29, 0.717) is 16.8 Å². The van der Waals surface area contributed by atoms with E-state index in [1.54, 1.807) is 22.6 Å². The lowest BCUT2D eigenvalue weighted by Crippen LogP contribution is -2.17. The summed E-state index contributed by atoms with van der Waals surface area (Å²) in [7, 11) is 0. The second kappa shape index (κ2) is 5.04. The summed E-state index contributed by atoms with van der Waals surface area (Å²) in [6.07, 6.45) is 0. The Balaban J connectivity index is 2.14. The fraction of sp³-hybridized carbons (Fsp3) is 0.133. The number of benzene rings is 2. The molecule has 5 heteroatoms. The van der Waals surface area contributed by atoms with Crippen LogP contribution in [0.4, 0.5) is 5.69 Å². The summed E-state index contributed by atoms with van der Waals surface area (Å²) in [5.74, 6) is -0.0622. The number of ketones is 1. The quantitative estimate of drug-likeness (QED) is 0.671. The average Bonchev–Trinajstić information content (AvgIpc) is 2.73. The van der Waals surface area contributed by atoms with Crippen molar-refractivity contribution in [2.75, 3.05) is 4.42 Å². The molecule has 0 spiro atoms. The van der Waals surface area contributed by atoms with Crippen LogP contribution in [0.3, 0.4) is 0 Å². The van der Waals surface area contributed by atoms with E-state index in [1.807, 2.05) is 25.1 Å². The third-order valence-electron chi connectivity index (χ3n) is 3.17. The number of phenolic OH excluding ortho intramolecular Hbond substituents is 1. The van der Waals surface area contributed by atoms with Gasteiger partial charge in [0, 0.05) is 22.2 Å². The number of hydrogen-bond donors (Lipinski definition) is 1. The van der Waals surface area contributed by atoms with Crippen molar-refractivity contribution in [1.29, 1.82) is 0 Å². The van der Waals surface area contributed by atoms with Gasteiger partial charge in [0.15, 0.2) is 5.78 Å². The Morgan fingerprint density at radius 2 is 2.00 bits per heavy atom. The SMILES string of the molecule is CC1Sc2cc(O)cc(C(=O)c3ccccc3)c2N1Cl. The Kier molecular flexibility index (Phi) is 3.36. The van der Waals surface area contributed by atoms with Gasteiger partial charge < -0.3 is 5.11 Å². The molecule has 0 fully saturated rings. The Morgan fingerprint density at radius 1 is 1.30 bits per heavy atom. The molecule has 102 valence electrons. The molecule has 1 aliphatic heterocycles. The highest BCUT2D eigenvalue weighted by Gasteiger charge is 2.31. The summed E-state index contributed by atoms with van der Waals surface area (Å²) in [5.41, 5.74) is 1.68. The maximum Gasteiger partial charge on any atom is 0.195 e. The average molecular weight is 306 g/mol. The number of halogens is 1. The minimum atomic E-state index is -0.141. The zero-order valence-corrected chi connectivity index (χ0v) is 12.3. The normalized spacial score (nSPS) is 17.1. The molecule has 0 amide bonds. The highest BCUT2D eigenvalue weighted by molar-refractivity contribution is 8.00. The van der Waals surface area contributed by atoms with E-state index in [9.17, 15) is 9.90 Å². The van der Waals surface area contributed by atoms with Crippen LogP contribution in [-0.4, -0.2) is 16.3 Å². The van der Waals surface area contributed by atoms with E-state index in [1.165, 1.54) is 17.8 Å². The number of anilines is 1. The molecule has 0 radical (unpaired) electrons. The van der Waals surface area contributed by atoms with Gasteiger partial charge in [0.05, 0.1) is 16.6 Å². The highest BCUT2D eigenvalue weighted by Crippen LogP contribution is 2.48. The standard InChI is InChI=1S/C15H12ClNO2S/c1-9-17(16)14-12(7-11(18)8-13(14)20-9)15(19)10-5-3-2-4-6-10/h2-9,18H,1H3. The van der Waals surface area contributed by atoms with Crippen molar-refractivity contribution in [1.82, 2.24) is 0 Å². The molecule has 0 saturated carbocycles. The van der Waals surface area contributed by atoms with Crippen LogP contribution in [0.1, 0.15) is 22.8 Å². The number of nitrogens with zero attached hydrogens (tertiary/aromatic N) is 1. The molecular formula is C15H12ClNO2S. The summed E-state index contributed by atoms with van der Waals surface area (Å²) in [6.45, 7) is 1.95. The maximum absolute atomic E-state index is 12.6. The molecule has 1 aliphatic rings. The van der Waals surface area contributed by atoms with Gasteiger partial charge in [-0.15, -0.1) is 0 Å². The Labute approximate surface area is 126 Å². The number of aromatic hydroxyl groups is 1. The number of carbonyl (C=O) groups is 1. The number of fused-ring (bicyclic) bond motifs is 1. The predicted octanol–water partition coefficient (Wildman–Crippen LogP) is 4.04. The zero-order valence-electron chi connectivity index (χ0n) is 10.7. The van der Waals surface area contributed by atoms with Crippen LogP contribution < -0.4 is 4.42 Å². The van der Waals surface area contributed by atoms with Gasteiger partial charge in [0.25, 0.3) is 0 Å². The Hall–Kier alpha value is -1.65. The molecule has 1 heterocycles. The minimum Gasteiger partial charge on any atom is -0.508 e. The first-order chi connectivity index (χ1) is 9.58. The van der Waals surface area contributed by atoms with Gasteiger partial charge in [-0.1, -0.05) is 42.1 Å². The van der Waals surface area contributed by atoms with E-state index in [2.05, 4.69) is 0 Å². The summed E-state index contributed by atoms with van der Waals surface area (Å²) in [6, 6.07) is 12.1. The zero-order chi connectivity index (χ0) is 14.3. The lowest BCUT2D eigenvalue weighted by atomic mass is 10.0. The molecule has 1 unspecified atom stereocenters. The van der Waals surface area contributed by atoms with Gasteiger partial charge in [-0.25, -0.2) is 0 Å². The molecule has 20 heavy (non-hydrogen) atoms. The van der Waals surface area contributed by atoms with Gasteiger partial charge in [-0.2, -0.15) is 0 Å². The summed E-state index contributed by atoms with van der Waals surface area (Å²) in [4.78, 5) is 13.4. The second-order valence-corrected chi connectivity index (χ2v) is 6.29. The first kappa shape index (κ1) is 13.3. The van der Waals surface area contributed by atoms with E-state index in [4.69, 9.17) is 11.8 Å². The van der Waals surface area contributed by atoms with E-state index in [-0.39, 0.29) is 16.9 Å². The third kappa shape index (κ3) is 2.15. The fourth-order valence-corrected chi connectivity index (χ4v) is 3.66. The molecule has 1 N–H and O–H groups in total. The Morgan fingerprint density at radius 3 is 2.70 bits per heavy atom. The predicted molar refractivity (Wildman–Crippen MR) is 81.6 cm³/mol. The van der Waals surface area contributed by atoms with Crippen LogP contribution in [0.15, 0.2) is 47.4 Å². The summed E-state index contributed by atoms with van der Waals surface area (Å²) < 4.78 is 1.55. The van der Waals surface area contributed by atoms with E-state index in [0.717, 1.165) is 4.90 Å². The number of carbonyl (C=O) groups excluding carboxylic acids is 1. The smallest absolute Gasteiger partial charge is 0.195 e. The van der Waals surface area contributed by atoms with Crippen molar-refractivity contribution in [3.8, 4) is 5.75 Å². The van der Waals surface area contributed by atoms with Crippen LogP contribution in [0.2, 0.25) is 0 Å². The largest absolute Gasteiger partial charge is 0.508 e. The lowest BCUT2D eigenvalue weighted by molar-refractivity contribution is 0.103. The monoisotopic (exact) mass is 305 g/mol. The van der Waals surface area contributed by atoms with Crippen LogP contribution in [-0.2, 0) is 0 Å². The van der Waals surface area contributed by atoms with Crippen LogP contribution >= 0.6 is 23.5 Å². The molecule has 3 rings (SSSR count). The van der Waals surface area contributed by atoms with Gasteiger partial charge in [-0.05, 0) is 19.1 Å². The molecule has 0 saturated heterocycles. The number of hydrogen-bond acceptors (Lipinski definition) is 4. The van der Waals surface area contributed by atoms with Gasteiger partial charge in [0.2, 0.25) is 0 Å². The lowest BCUT2D eigenvalue weighted by Gasteiger charge is -2.16. The van der Waals surface area contributed by atoms with Crippen molar-refractivity contribution in [3.63, 3.8) is 0 Å². The number of thioether (sulfide) groups is 1. The van der Waals surface area contributed by atoms with E-state index >= 15 is 0 Å². The van der Waals surface area contributed by atoms with Crippen molar-refractivity contribution < 1.29 is 9.90 Å². The highest BCUT2D eigenvalue weighted by atomic mass is 35.5. The summed E-state index contributed by atoms with van der Waals surface area (Å²) >= 11 is 7.78. The van der Waals surface area contributed by atoms with Crippen molar-refractivity contribution in [3.05, 3.63) is 53.6 Å². The molecule has 1 atom stereocenters. The van der Waals surface area contributed by atoms with Gasteiger partial charge in [-0.3, -0.25) is 9.21 Å². The molecule has 3 nitrogen and oxygen atoms in total. The molecule has 2 aromatic rings. The van der Waals surface area contributed by atoms with Crippen molar-refractivity contribution in [2.45, 2.75) is 17.2 Å². The molecule has 2 aromatic carbocycles. The molecule has 0 aromatic heterocycles. The van der Waals surface area contributed by atoms with Crippen LogP contribution in [0.5, 0.6) is 5.75 Å².